The molecule has 0 saturated carbocycles. The lowest BCUT2D eigenvalue weighted by Gasteiger charge is -2.28. The van der Waals surface area contributed by atoms with E-state index in [-0.39, 0.29) is 22.9 Å². The number of aliphatic carboxylic acids is 1. The van der Waals surface area contributed by atoms with Gasteiger partial charge in [0.25, 0.3) is 0 Å². The monoisotopic (exact) mass is 358 g/mol. The van der Waals surface area contributed by atoms with E-state index in [9.17, 15) is 18.0 Å². The molecule has 0 fully saturated rings. The standard InChI is InChI=1S/C15H10ClF3N2O3/c16-11-2-3-12-8(10(11)7-21-5-1-4-20-21)6-9(14(22)23)13(24-12)15(17,18)19/h1-6,13H,7H2,(H,22,23). The fourth-order valence-electron chi connectivity index (χ4n) is 2.43. The van der Waals surface area contributed by atoms with E-state index in [4.69, 9.17) is 21.4 Å². The summed E-state index contributed by atoms with van der Waals surface area (Å²) in [4.78, 5) is 11.2. The summed E-state index contributed by atoms with van der Waals surface area (Å²) < 4.78 is 45.6. The van der Waals surface area contributed by atoms with Gasteiger partial charge in [-0.15, -0.1) is 0 Å². The predicted octanol–water partition coefficient (Wildman–Crippen LogP) is 3.38. The van der Waals surface area contributed by atoms with Crippen molar-refractivity contribution < 1.29 is 27.8 Å². The highest BCUT2D eigenvalue weighted by molar-refractivity contribution is 6.31. The largest absolute Gasteiger partial charge is 0.478 e. The second kappa shape index (κ2) is 5.86. The number of ether oxygens (including phenoxy) is 1. The molecular weight excluding hydrogens is 349 g/mol. The molecule has 9 heteroatoms. The van der Waals surface area contributed by atoms with Gasteiger partial charge in [-0.05, 0) is 24.3 Å². The molecule has 1 N–H and O–H groups in total. The average molecular weight is 359 g/mol. The van der Waals surface area contributed by atoms with Crippen LogP contribution in [0.25, 0.3) is 6.08 Å². The van der Waals surface area contributed by atoms with Crippen molar-refractivity contribution in [1.29, 1.82) is 0 Å². The van der Waals surface area contributed by atoms with E-state index in [2.05, 4.69) is 5.10 Å². The molecule has 0 spiro atoms. The van der Waals surface area contributed by atoms with Gasteiger partial charge in [-0.3, -0.25) is 4.68 Å². The van der Waals surface area contributed by atoms with Crippen molar-refractivity contribution in [3.05, 3.63) is 52.3 Å². The number of hydrogen-bond donors (Lipinski definition) is 1. The summed E-state index contributed by atoms with van der Waals surface area (Å²) >= 11 is 6.14. The molecule has 2 heterocycles. The molecule has 1 aliphatic heterocycles. The lowest BCUT2D eigenvalue weighted by atomic mass is 9.97. The lowest BCUT2D eigenvalue weighted by molar-refractivity contribution is -0.187. The van der Waals surface area contributed by atoms with Crippen LogP contribution in [0.1, 0.15) is 11.1 Å². The van der Waals surface area contributed by atoms with Crippen LogP contribution >= 0.6 is 11.6 Å². The number of fused-ring (bicyclic) bond motifs is 1. The van der Waals surface area contributed by atoms with E-state index in [0.29, 0.717) is 5.56 Å². The van der Waals surface area contributed by atoms with Gasteiger partial charge >= 0.3 is 12.1 Å². The van der Waals surface area contributed by atoms with E-state index >= 15 is 0 Å². The molecule has 3 rings (SSSR count). The van der Waals surface area contributed by atoms with E-state index in [1.807, 2.05) is 0 Å². The van der Waals surface area contributed by atoms with Gasteiger partial charge in [-0.25, -0.2) is 4.79 Å². The average Bonchev–Trinajstić information content (AvgIpc) is 3.01. The maximum absolute atomic E-state index is 13.1. The van der Waals surface area contributed by atoms with Gasteiger partial charge in [0.15, 0.2) is 0 Å². The number of aromatic nitrogens is 2. The van der Waals surface area contributed by atoms with Gasteiger partial charge < -0.3 is 9.84 Å². The summed E-state index contributed by atoms with van der Waals surface area (Å²) in [5, 5.41) is 13.4. The number of carboxylic acid groups (broad SMARTS) is 1. The van der Waals surface area contributed by atoms with Crippen LogP contribution in [0.2, 0.25) is 5.02 Å². The van der Waals surface area contributed by atoms with Crippen LogP contribution in [0.15, 0.2) is 36.2 Å². The van der Waals surface area contributed by atoms with Gasteiger partial charge in [0, 0.05) is 28.5 Å². The first-order valence-corrected chi connectivity index (χ1v) is 7.12. The summed E-state index contributed by atoms with van der Waals surface area (Å²) in [7, 11) is 0. The number of halogens is 4. The highest BCUT2D eigenvalue weighted by Gasteiger charge is 2.48. The van der Waals surface area contributed by atoms with E-state index in [0.717, 1.165) is 6.08 Å². The van der Waals surface area contributed by atoms with Gasteiger partial charge in [0.05, 0.1) is 12.1 Å². The van der Waals surface area contributed by atoms with Crippen molar-refractivity contribution in [3.63, 3.8) is 0 Å². The summed E-state index contributed by atoms with van der Waals surface area (Å²) in [5.41, 5.74) is -0.257. The molecule has 24 heavy (non-hydrogen) atoms. The first-order valence-electron chi connectivity index (χ1n) is 6.74. The smallest absolute Gasteiger partial charge is 0.430 e. The van der Waals surface area contributed by atoms with Crippen molar-refractivity contribution in [3.8, 4) is 5.75 Å². The second-order valence-corrected chi connectivity index (χ2v) is 5.49. The molecule has 0 saturated heterocycles. The molecule has 126 valence electrons. The minimum atomic E-state index is -4.84. The Morgan fingerprint density at radius 2 is 2.17 bits per heavy atom. The number of rotatable bonds is 3. The Morgan fingerprint density at radius 1 is 1.42 bits per heavy atom. The number of carboxylic acids is 1. The third kappa shape index (κ3) is 2.96. The number of nitrogens with zero attached hydrogens (tertiary/aromatic N) is 2. The summed E-state index contributed by atoms with van der Waals surface area (Å²) in [5.74, 6) is -1.78. The van der Waals surface area contributed by atoms with Gasteiger partial charge in [-0.1, -0.05) is 11.6 Å². The van der Waals surface area contributed by atoms with Crippen LogP contribution in [0.3, 0.4) is 0 Å². The Morgan fingerprint density at radius 3 is 2.75 bits per heavy atom. The minimum Gasteiger partial charge on any atom is -0.478 e. The van der Waals surface area contributed by atoms with Gasteiger partial charge in [0.1, 0.15) is 5.75 Å². The summed E-state index contributed by atoms with van der Waals surface area (Å²) in [6.45, 7) is 0.165. The van der Waals surface area contributed by atoms with E-state index in [1.54, 1.807) is 12.3 Å². The molecule has 0 bridgehead atoms. The van der Waals surface area contributed by atoms with Gasteiger partial charge in [-0.2, -0.15) is 18.3 Å². The number of benzene rings is 1. The summed E-state index contributed by atoms with van der Waals surface area (Å²) in [6.07, 6.45) is -3.22. The van der Waals surface area contributed by atoms with Gasteiger partial charge in [0.2, 0.25) is 6.10 Å². The van der Waals surface area contributed by atoms with Crippen LogP contribution < -0.4 is 4.74 Å². The normalized spacial score (nSPS) is 17.0. The zero-order valence-corrected chi connectivity index (χ0v) is 12.7. The Kier molecular flexibility index (Phi) is 4.00. The SMILES string of the molecule is O=C(O)C1=Cc2c(ccc(Cl)c2Cn2cccn2)OC1C(F)(F)F. The molecule has 2 aromatic rings. The molecule has 1 aromatic heterocycles. The molecule has 5 nitrogen and oxygen atoms in total. The molecule has 1 aromatic carbocycles. The predicted molar refractivity (Wildman–Crippen MR) is 78.9 cm³/mol. The quantitative estimate of drug-likeness (QED) is 0.913. The van der Waals surface area contributed by atoms with Crippen molar-refractivity contribution in [1.82, 2.24) is 9.78 Å². The fourth-order valence-corrected chi connectivity index (χ4v) is 2.66. The van der Waals surface area contributed by atoms with Crippen LogP contribution in [-0.2, 0) is 11.3 Å². The highest BCUT2D eigenvalue weighted by Crippen LogP contribution is 2.40. The molecule has 0 amide bonds. The van der Waals surface area contributed by atoms with Crippen molar-refractivity contribution in [2.45, 2.75) is 18.8 Å². The Balaban J connectivity index is 2.12. The maximum Gasteiger partial charge on any atom is 0.430 e. The molecule has 1 aliphatic rings. The zero-order chi connectivity index (χ0) is 17.5. The van der Waals surface area contributed by atoms with Crippen molar-refractivity contribution in [2.24, 2.45) is 0 Å². The molecular formula is C15H10ClF3N2O3. The van der Waals surface area contributed by atoms with Crippen LogP contribution in [0, 0.1) is 0 Å². The van der Waals surface area contributed by atoms with Crippen LogP contribution in [0.4, 0.5) is 13.2 Å². The molecule has 0 radical (unpaired) electrons. The van der Waals surface area contributed by atoms with Crippen molar-refractivity contribution in [2.75, 3.05) is 0 Å². The third-order valence-corrected chi connectivity index (χ3v) is 3.86. The summed E-state index contributed by atoms with van der Waals surface area (Å²) in [6, 6.07) is 4.38. The number of hydrogen-bond acceptors (Lipinski definition) is 3. The molecule has 0 aliphatic carbocycles. The second-order valence-electron chi connectivity index (χ2n) is 5.09. The number of alkyl halides is 3. The highest BCUT2D eigenvalue weighted by atomic mass is 35.5. The first kappa shape index (κ1) is 16.4. The maximum atomic E-state index is 13.1. The van der Waals surface area contributed by atoms with Crippen molar-refractivity contribution >= 4 is 23.6 Å². The van der Waals surface area contributed by atoms with Crippen LogP contribution in [0.5, 0.6) is 5.75 Å². The van der Waals surface area contributed by atoms with Crippen LogP contribution in [-0.4, -0.2) is 33.1 Å². The Labute approximate surface area is 138 Å². The molecule has 1 atom stereocenters. The number of carbonyl (C=O) groups is 1. The zero-order valence-electron chi connectivity index (χ0n) is 11.9. The fraction of sp³-hybridized carbons (Fsp3) is 0.200. The third-order valence-electron chi connectivity index (χ3n) is 3.51. The van der Waals surface area contributed by atoms with E-state index < -0.39 is 23.8 Å². The molecule has 1 unspecified atom stereocenters. The van der Waals surface area contributed by atoms with E-state index in [1.165, 1.54) is 23.0 Å². The Bertz CT molecular complexity index is 816. The first-order chi connectivity index (χ1) is 11.3. The minimum absolute atomic E-state index is 0.0751. The Hall–Kier alpha value is -2.48. The lowest BCUT2D eigenvalue weighted by Crippen LogP contribution is -2.40. The topological polar surface area (TPSA) is 64.3 Å².